The van der Waals surface area contributed by atoms with Crippen LogP contribution in [0.3, 0.4) is 0 Å². The van der Waals surface area contributed by atoms with Gasteiger partial charge >= 0.3 is 31.3 Å². The third-order valence-corrected chi connectivity index (χ3v) is 11.1. The van der Waals surface area contributed by atoms with Crippen LogP contribution in [0.5, 0.6) is 11.5 Å². The summed E-state index contributed by atoms with van der Waals surface area (Å²) in [6, 6.07) is 51.3. The molecule has 0 bridgehead atoms. The number of halogens is 15. The summed E-state index contributed by atoms with van der Waals surface area (Å²) in [5.41, 5.74) is 7.26. The second-order valence-electron chi connectivity index (χ2n) is 18.6. The van der Waals surface area contributed by atoms with Crippen molar-refractivity contribution in [3.05, 3.63) is 267 Å². The van der Waals surface area contributed by atoms with Crippen LogP contribution in [-0.2, 0) is 27.8 Å². The summed E-state index contributed by atoms with van der Waals surface area (Å²) in [6.07, 6.45) is -21.9. The van der Waals surface area contributed by atoms with Gasteiger partial charge in [-0.25, -0.2) is 9.73 Å². The zero-order valence-electron chi connectivity index (χ0n) is 49.1. The monoisotopic (exact) mass is 1250 g/mol. The molecule has 0 aliphatic heterocycles. The number of anilines is 1. The lowest BCUT2D eigenvalue weighted by molar-refractivity contribution is -0.275. The standard InChI is InChI=1S/C9H13N.2C8H7F3O.3C8H7F3.C8H7N.C8H10O2S/c1-8-5-4-6-9(7-8)10(2)3;1-6-2-4-7(5-3-6)12-8(9,10)11;1-6-3-2-4-7(5-6)12-8(9,10)11;1-6-2-4-7(5-3-6)8(9,10)11;1-6-3-2-4-7(5-6)8(9,10)11;1-6-4-2-3-5-7(6)8(9,10)11;1-7-4-3-5-8(6-7)9-2;1-7-4-3-5-8(6-7)11-10-9-2/h4-7H,1-3H3;2*2-5H,1H3;3*2-5H,1H3;3-6H,1H3;3-6H,1-2H3. The summed E-state index contributed by atoms with van der Waals surface area (Å²) in [6.45, 7) is 21.1. The molecule has 0 spiro atoms. The second-order valence-corrected chi connectivity index (χ2v) is 19.4. The van der Waals surface area contributed by atoms with E-state index < -0.39 is 47.9 Å². The Labute approximate surface area is 502 Å². The third-order valence-electron chi connectivity index (χ3n) is 10.5. The van der Waals surface area contributed by atoms with Crippen LogP contribution in [0.25, 0.3) is 4.85 Å². The molecule has 0 fully saturated rings. The molecule has 0 N–H and O–H groups in total. The smallest absolute Gasteiger partial charge is 0.406 e. The van der Waals surface area contributed by atoms with Gasteiger partial charge in [0.2, 0.25) is 0 Å². The zero-order valence-corrected chi connectivity index (χ0v) is 49.9. The number of rotatable bonds is 6. The fraction of sp³-hybridized carbons (Fsp3) is 0.246. The largest absolute Gasteiger partial charge is 0.573 e. The van der Waals surface area contributed by atoms with Crippen molar-refractivity contribution < 1.29 is 84.6 Å². The van der Waals surface area contributed by atoms with Crippen molar-refractivity contribution in [1.29, 1.82) is 0 Å². The van der Waals surface area contributed by atoms with Gasteiger partial charge in [-0.3, -0.25) is 0 Å². The van der Waals surface area contributed by atoms with Gasteiger partial charge in [-0.15, -0.1) is 26.3 Å². The molecule has 0 aliphatic carbocycles. The van der Waals surface area contributed by atoms with Gasteiger partial charge in [-0.1, -0.05) is 144 Å². The number of hydrogen-bond acceptors (Lipinski definition) is 6. The first-order chi connectivity index (χ1) is 40.3. The number of alkyl halides is 15. The Bertz CT molecular complexity index is 3260. The van der Waals surface area contributed by atoms with Crippen molar-refractivity contribution in [1.82, 2.24) is 0 Å². The number of ether oxygens (including phenoxy) is 2. The van der Waals surface area contributed by atoms with Gasteiger partial charge in [-0.05, 0) is 150 Å². The molecule has 22 heteroatoms. The number of nitrogens with zero attached hydrogens (tertiary/aromatic N) is 2. The maximum Gasteiger partial charge on any atom is 0.573 e. The van der Waals surface area contributed by atoms with E-state index in [4.69, 9.17) is 10.9 Å². The van der Waals surface area contributed by atoms with E-state index in [9.17, 15) is 65.9 Å². The lowest BCUT2D eigenvalue weighted by Gasteiger charge is -2.11. The molecule has 470 valence electrons. The number of aryl methyl sites for hydroxylation is 8. The molecule has 8 rings (SSSR count). The SMILES string of the molecule is COOSc1cccc(C)c1.Cc1ccc(C(F)(F)F)cc1.Cc1ccc(OC(F)(F)F)cc1.Cc1cccc(C(F)(F)F)c1.Cc1cccc(N(C)C)c1.Cc1cccc(OC(F)(F)F)c1.Cc1ccccc1C(F)(F)F.[C-]#[N+]c1cccc(C)c1. The van der Waals surface area contributed by atoms with E-state index in [1.807, 2.05) is 56.3 Å². The summed E-state index contributed by atoms with van der Waals surface area (Å²) in [5, 5.41) is 0. The van der Waals surface area contributed by atoms with Crippen molar-refractivity contribution >= 4 is 23.4 Å². The molecule has 8 aromatic carbocycles. The van der Waals surface area contributed by atoms with Crippen LogP contribution < -0.4 is 14.4 Å². The molecule has 0 heterocycles. The molecule has 0 aromatic heterocycles. The second kappa shape index (κ2) is 37.4. The predicted octanol–water partition coefficient (Wildman–Crippen LogP) is 22.0. The van der Waals surface area contributed by atoms with Crippen molar-refractivity contribution in [3.8, 4) is 11.5 Å². The quantitative estimate of drug-likeness (QED) is 0.0544. The van der Waals surface area contributed by atoms with Crippen molar-refractivity contribution in [2.45, 2.75) is 91.5 Å². The van der Waals surface area contributed by atoms with Crippen LogP contribution in [0.4, 0.5) is 77.2 Å². The zero-order chi connectivity index (χ0) is 66.2. The van der Waals surface area contributed by atoms with Crippen LogP contribution in [0.2, 0.25) is 0 Å². The lowest BCUT2D eigenvalue weighted by atomic mass is 10.1. The highest BCUT2D eigenvalue weighted by molar-refractivity contribution is 7.94. The number of benzene rings is 8. The first kappa shape index (κ1) is 76.9. The molecule has 0 radical (unpaired) electrons. The predicted molar refractivity (Wildman–Crippen MR) is 312 cm³/mol. The first-order valence-corrected chi connectivity index (χ1v) is 26.2. The average molecular weight is 1260 g/mol. The molecule has 87 heavy (non-hydrogen) atoms. The Hall–Kier alpha value is -8.13. The Morgan fingerprint density at radius 1 is 0.391 bits per heavy atom. The minimum absolute atomic E-state index is 0.178. The van der Waals surface area contributed by atoms with E-state index in [-0.39, 0.29) is 17.1 Å². The van der Waals surface area contributed by atoms with E-state index in [1.54, 1.807) is 64.1 Å². The molecule has 0 amide bonds. The normalized spacial score (nSPS) is 10.8. The van der Waals surface area contributed by atoms with Gasteiger partial charge in [-0.2, -0.15) is 43.8 Å². The fourth-order valence-corrected chi connectivity index (χ4v) is 6.87. The van der Waals surface area contributed by atoms with Crippen LogP contribution in [0.1, 0.15) is 61.2 Å². The van der Waals surface area contributed by atoms with Gasteiger partial charge in [0.15, 0.2) is 5.69 Å². The van der Waals surface area contributed by atoms with E-state index in [0.29, 0.717) is 5.56 Å². The van der Waals surface area contributed by atoms with Gasteiger partial charge in [0.1, 0.15) is 11.5 Å². The Morgan fingerprint density at radius 2 is 0.828 bits per heavy atom. The van der Waals surface area contributed by atoms with Gasteiger partial charge in [0.25, 0.3) is 0 Å². The van der Waals surface area contributed by atoms with Gasteiger partial charge in [0.05, 0.1) is 42.4 Å². The topological polar surface area (TPSA) is 44.5 Å². The summed E-state index contributed by atoms with van der Waals surface area (Å²) < 4.78 is 190. The van der Waals surface area contributed by atoms with Crippen molar-refractivity contribution in [3.63, 3.8) is 0 Å². The van der Waals surface area contributed by atoms with E-state index in [2.05, 4.69) is 69.4 Å². The molecule has 0 saturated heterocycles. The molecule has 8 aromatic rings. The summed E-state index contributed by atoms with van der Waals surface area (Å²) >= 11 is 1.21. The minimum atomic E-state index is -4.60. The Morgan fingerprint density at radius 3 is 1.21 bits per heavy atom. The highest BCUT2D eigenvalue weighted by Gasteiger charge is 2.33. The van der Waals surface area contributed by atoms with Crippen LogP contribution in [0, 0.1) is 62.0 Å². The summed E-state index contributed by atoms with van der Waals surface area (Å²) in [4.78, 5) is 10.9. The van der Waals surface area contributed by atoms with Gasteiger partial charge < -0.3 is 14.4 Å². The number of hydrogen-bond donors (Lipinski definition) is 0. The van der Waals surface area contributed by atoms with Crippen LogP contribution >= 0.6 is 12.0 Å². The lowest BCUT2D eigenvalue weighted by Crippen LogP contribution is -2.17. The minimum Gasteiger partial charge on any atom is -0.406 e. The maximum atomic E-state index is 12.0. The van der Waals surface area contributed by atoms with E-state index >= 15 is 0 Å². The summed E-state index contributed by atoms with van der Waals surface area (Å²) in [5.74, 6) is -0.365. The maximum absolute atomic E-state index is 12.0. The Balaban J connectivity index is 0.000000498. The Kier molecular flexibility index (Phi) is 33.1. The fourth-order valence-electron chi connectivity index (χ4n) is 6.35. The molecular weight excluding hydrogens is 1190 g/mol. The average Bonchev–Trinajstić information content (AvgIpc) is 3.57. The van der Waals surface area contributed by atoms with Crippen LogP contribution in [0.15, 0.2) is 199 Å². The molecule has 0 saturated carbocycles. The highest BCUT2D eigenvalue weighted by atomic mass is 32.2. The van der Waals surface area contributed by atoms with Crippen molar-refractivity contribution in [2.75, 3.05) is 26.1 Å². The highest BCUT2D eigenvalue weighted by Crippen LogP contribution is 2.32. The first-order valence-electron chi connectivity index (χ1n) is 25.5. The van der Waals surface area contributed by atoms with E-state index in [0.717, 1.165) is 63.2 Å². The summed E-state index contributed by atoms with van der Waals surface area (Å²) in [7, 11) is 5.59. The molecule has 0 aliphatic rings. The molecule has 6 nitrogen and oxygen atoms in total. The molecule has 0 atom stereocenters. The van der Waals surface area contributed by atoms with Crippen molar-refractivity contribution in [2.24, 2.45) is 0 Å². The van der Waals surface area contributed by atoms with Crippen LogP contribution in [-0.4, -0.2) is 33.9 Å². The third kappa shape index (κ3) is 36.5. The molecule has 0 unspecified atom stereocenters. The molecular formula is C65H65F15N2O4S. The van der Waals surface area contributed by atoms with Gasteiger partial charge in [0, 0.05) is 24.7 Å². The van der Waals surface area contributed by atoms with E-state index in [1.165, 1.54) is 104 Å².